The third-order valence-corrected chi connectivity index (χ3v) is 7.27. The Labute approximate surface area is 156 Å². The molecule has 0 spiro atoms. The number of benzene rings is 1. The van der Waals surface area contributed by atoms with Gasteiger partial charge in [0.15, 0.2) is 5.79 Å². The second kappa shape index (κ2) is 7.22. The lowest BCUT2D eigenvalue weighted by Gasteiger charge is -2.40. The molecule has 1 aliphatic heterocycles. The van der Waals surface area contributed by atoms with Gasteiger partial charge in [0.05, 0.1) is 41.7 Å². The molecule has 1 aromatic carbocycles. The minimum Gasteiger partial charge on any atom is -0.469 e. The number of ether oxygens (including phenoxy) is 3. The van der Waals surface area contributed by atoms with Crippen molar-refractivity contribution in [3.63, 3.8) is 0 Å². The highest BCUT2D eigenvalue weighted by molar-refractivity contribution is 7.93. The zero-order valence-corrected chi connectivity index (χ0v) is 16.4. The van der Waals surface area contributed by atoms with Crippen LogP contribution in [0.1, 0.15) is 26.7 Å². The van der Waals surface area contributed by atoms with Crippen LogP contribution in [0.2, 0.25) is 0 Å². The summed E-state index contributed by atoms with van der Waals surface area (Å²) in [6.07, 6.45) is -0.698. The summed E-state index contributed by atoms with van der Waals surface area (Å²) >= 11 is 1.15. The van der Waals surface area contributed by atoms with Gasteiger partial charge in [0.2, 0.25) is 14.2 Å². The number of aromatic nitrogens is 1. The zero-order valence-electron chi connectivity index (χ0n) is 14.8. The van der Waals surface area contributed by atoms with Crippen molar-refractivity contribution >= 4 is 37.4 Å². The van der Waals surface area contributed by atoms with E-state index in [2.05, 4.69) is 9.72 Å². The summed E-state index contributed by atoms with van der Waals surface area (Å²) in [5, 5.41) is 0. The Bertz CT molecular complexity index is 872. The molecule has 2 atom stereocenters. The van der Waals surface area contributed by atoms with E-state index < -0.39 is 33.8 Å². The van der Waals surface area contributed by atoms with E-state index in [0.29, 0.717) is 11.9 Å². The number of rotatable bonds is 5. The van der Waals surface area contributed by atoms with Crippen molar-refractivity contribution in [1.82, 2.24) is 4.98 Å². The van der Waals surface area contributed by atoms with Crippen molar-refractivity contribution in [3.05, 3.63) is 24.3 Å². The summed E-state index contributed by atoms with van der Waals surface area (Å²) in [5.41, 5.74) is 0.660. The smallest absolute Gasteiger partial charge is 0.308 e. The van der Waals surface area contributed by atoms with Crippen LogP contribution in [0.15, 0.2) is 28.6 Å². The van der Waals surface area contributed by atoms with Gasteiger partial charge in [0, 0.05) is 6.42 Å². The number of para-hydroxylation sites is 1. The van der Waals surface area contributed by atoms with Crippen molar-refractivity contribution in [2.45, 2.75) is 49.0 Å². The van der Waals surface area contributed by atoms with Gasteiger partial charge in [-0.05, 0) is 26.0 Å². The Kier molecular flexibility index (Phi) is 5.34. The molecule has 2 aromatic rings. The molecule has 0 saturated carbocycles. The number of carbonyl (C=O) groups is 1. The van der Waals surface area contributed by atoms with Crippen LogP contribution in [0.4, 0.5) is 0 Å². The van der Waals surface area contributed by atoms with Gasteiger partial charge in [0.1, 0.15) is 0 Å². The van der Waals surface area contributed by atoms with Crippen LogP contribution in [0.25, 0.3) is 10.2 Å². The van der Waals surface area contributed by atoms with Crippen LogP contribution < -0.4 is 0 Å². The molecule has 7 nitrogen and oxygen atoms in total. The van der Waals surface area contributed by atoms with Crippen molar-refractivity contribution in [2.24, 2.45) is 0 Å². The molecular weight excluding hydrogens is 378 g/mol. The summed E-state index contributed by atoms with van der Waals surface area (Å²) in [6, 6.07) is 7.29. The highest BCUT2D eigenvalue weighted by Crippen LogP contribution is 2.32. The molecule has 2 heterocycles. The second-order valence-corrected chi connectivity index (χ2v) is 9.86. The standard InChI is InChI=1S/C17H21NO6S2/c1-17(2)23-11(9-15(19)22-3)8-12(24-17)10-26(20,21)16-18-13-6-4-5-7-14(13)25-16/h4-7,11-12H,8-10H2,1-3H3/t11-,12+/m0/s1. The fourth-order valence-electron chi connectivity index (χ4n) is 3.02. The zero-order chi connectivity index (χ0) is 18.9. The maximum Gasteiger partial charge on any atom is 0.308 e. The Morgan fingerprint density at radius 2 is 2.00 bits per heavy atom. The van der Waals surface area contributed by atoms with Crippen LogP contribution in [-0.2, 0) is 28.8 Å². The molecule has 26 heavy (non-hydrogen) atoms. The van der Waals surface area contributed by atoms with Gasteiger partial charge in [-0.2, -0.15) is 0 Å². The van der Waals surface area contributed by atoms with Crippen molar-refractivity contribution in [2.75, 3.05) is 12.9 Å². The third-order valence-electron chi connectivity index (χ3n) is 3.99. The van der Waals surface area contributed by atoms with Crippen molar-refractivity contribution in [3.8, 4) is 0 Å². The van der Waals surface area contributed by atoms with Gasteiger partial charge in [0.25, 0.3) is 0 Å². The lowest BCUT2D eigenvalue weighted by Crippen LogP contribution is -2.47. The molecule has 1 saturated heterocycles. The van der Waals surface area contributed by atoms with Gasteiger partial charge in [-0.1, -0.05) is 12.1 Å². The van der Waals surface area contributed by atoms with Gasteiger partial charge in [-0.25, -0.2) is 13.4 Å². The molecule has 0 aliphatic carbocycles. The fourth-order valence-corrected chi connectivity index (χ4v) is 5.77. The average molecular weight is 399 g/mol. The minimum absolute atomic E-state index is 0.0565. The highest BCUT2D eigenvalue weighted by Gasteiger charge is 2.39. The van der Waals surface area contributed by atoms with E-state index in [0.717, 1.165) is 16.0 Å². The number of sulfone groups is 1. The minimum atomic E-state index is -3.62. The molecule has 1 fully saturated rings. The van der Waals surface area contributed by atoms with E-state index in [-0.39, 0.29) is 16.5 Å². The first-order chi connectivity index (χ1) is 12.2. The first-order valence-electron chi connectivity index (χ1n) is 8.19. The van der Waals surface area contributed by atoms with E-state index in [9.17, 15) is 13.2 Å². The van der Waals surface area contributed by atoms with E-state index >= 15 is 0 Å². The molecule has 1 aliphatic rings. The molecule has 0 unspecified atom stereocenters. The normalized spacial score (nSPS) is 23.0. The Hall–Kier alpha value is -1.55. The van der Waals surface area contributed by atoms with Crippen LogP contribution in [0.5, 0.6) is 0 Å². The van der Waals surface area contributed by atoms with E-state index in [1.807, 2.05) is 18.2 Å². The monoisotopic (exact) mass is 399 g/mol. The third kappa shape index (κ3) is 4.40. The number of methoxy groups -OCH3 is 1. The molecule has 0 N–H and O–H groups in total. The largest absolute Gasteiger partial charge is 0.469 e. The van der Waals surface area contributed by atoms with Crippen molar-refractivity contribution < 1.29 is 27.4 Å². The van der Waals surface area contributed by atoms with Crippen LogP contribution in [0.3, 0.4) is 0 Å². The number of esters is 1. The SMILES string of the molecule is COC(=O)C[C@@H]1C[C@H](CS(=O)(=O)c2nc3ccccc3s2)OC(C)(C)O1. The topological polar surface area (TPSA) is 91.8 Å². The Balaban J connectivity index is 1.78. The van der Waals surface area contributed by atoms with Crippen LogP contribution >= 0.6 is 11.3 Å². The van der Waals surface area contributed by atoms with Gasteiger partial charge in [-0.15, -0.1) is 11.3 Å². The first-order valence-corrected chi connectivity index (χ1v) is 10.7. The quantitative estimate of drug-likeness (QED) is 0.714. The van der Waals surface area contributed by atoms with E-state index in [4.69, 9.17) is 9.47 Å². The van der Waals surface area contributed by atoms with Crippen LogP contribution in [-0.4, -0.2) is 50.2 Å². The maximum atomic E-state index is 12.8. The summed E-state index contributed by atoms with van der Waals surface area (Å²) < 4.78 is 42.7. The molecule has 0 radical (unpaired) electrons. The summed E-state index contributed by atoms with van der Waals surface area (Å²) in [6.45, 7) is 3.40. The fraction of sp³-hybridized carbons (Fsp3) is 0.529. The lowest BCUT2D eigenvalue weighted by molar-refractivity contribution is -0.295. The van der Waals surface area contributed by atoms with E-state index in [1.54, 1.807) is 19.9 Å². The van der Waals surface area contributed by atoms with Gasteiger partial charge >= 0.3 is 5.97 Å². The Morgan fingerprint density at radius 3 is 2.69 bits per heavy atom. The summed E-state index contributed by atoms with van der Waals surface area (Å²) in [5.74, 6) is -1.59. The first kappa shape index (κ1) is 19.2. The van der Waals surface area contributed by atoms with E-state index in [1.165, 1.54) is 7.11 Å². The highest BCUT2D eigenvalue weighted by atomic mass is 32.2. The van der Waals surface area contributed by atoms with Gasteiger partial charge < -0.3 is 14.2 Å². The molecule has 3 rings (SSSR count). The molecule has 0 amide bonds. The molecule has 0 bridgehead atoms. The number of carbonyl (C=O) groups excluding carboxylic acids is 1. The van der Waals surface area contributed by atoms with Crippen molar-refractivity contribution in [1.29, 1.82) is 0 Å². The summed E-state index contributed by atoms with van der Waals surface area (Å²) in [7, 11) is -2.31. The number of hydrogen-bond donors (Lipinski definition) is 0. The lowest BCUT2D eigenvalue weighted by atomic mass is 10.1. The number of thiazole rings is 1. The second-order valence-electron chi connectivity index (χ2n) is 6.62. The molecule has 142 valence electrons. The van der Waals surface area contributed by atoms with Crippen LogP contribution in [0, 0.1) is 0 Å². The number of nitrogens with zero attached hydrogens (tertiary/aromatic N) is 1. The van der Waals surface area contributed by atoms with Gasteiger partial charge in [-0.3, -0.25) is 4.79 Å². The predicted octanol–water partition coefficient (Wildman–Crippen LogP) is 2.54. The predicted molar refractivity (Wildman–Crippen MR) is 96.7 cm³/mol. The molecule has 1 aromatic heterocycles. The number of fused-ring (bicyclic) bond motifs is 1. The molecule has 9 heteroatoms. The molecular formula is C17H21NO6S2. The maximum absolute atomic E-state index is 12.8. The number of hydrogen-bond acceptors (Lipinski definition) is 8. The summed E-state index contributed by atoms with van der Waals surface area (Å²) in [4.78, 5) is 15.8. The average Bonchev–Trinajstić information content (AvgIpc) is 2.97. The Morgan fingerprint density at radius 1 is 1.31 bits per heavy atom.